The van der Waals surface area contributed by atoms with Crippen LogP contribution in [0.1, 0.15) is 19.3 Å². The van der Waals surface area contributed by atoms with Crippen LogP contribution < -0.4 is 0 Å². The van der Waals surface area contributed by atoms with E-state index in [0.29, 0.717) is 26.1 Å². The first-order valence-electron chi connectivity index (χ1n) is 3.23. The quantitative estimate of drug-likeness (QED) is 0.537. The lowest BCUT2D eigenvalue weighted by Gasteiger charge is -1.96. The van der Waals surface area contributed by atoms with E-state index in [-0.39, 0.29) is 0 Å². The molecule has 0 atom stereocenters. The molecule has 0 aliphatic heterocycles. The minimum atomic E-state index is 0.437. The summed E-state index contributed by atoms with van der Waals surface area (Å²) in [6.45, 7) is 1.08. The highest BCUT2D eigenvalue weighted by Crippen LogP contribution is 1.88. The third-order valence-corrected chi connectivity index (χ3v) is 0.935. The maximum atomic E-state index is 8.11. The van der Waals surface area contributed by atoms with E-state index in [1.54, 1.807) is 0 Å². The molecule has 0 aromatic carbocycles. The lowest BCUT2D eigenvalue weighted by Crippen LogP contribution is -1.94. The van der Waals surface area contributed by atoms with E-state index in [1.165, 1.54) is 0 Å². The van der Waals surface area contributed by atoms with Gasteiger partial charge in [-0.2, -0.15) is 10.5 Å². The monoisotopic (exact) mass is 138 g/mol. The molecule has 0 fully saturated rings. The van der Waals surface area contributed by atoms with Gasteiger partial charge in [0, 0.05) is 13.0 Å². The second-order valence-electron chi connectivity index (χ2n) is 1.78. The average molecular weight is 138 g/mol. The predicted octanol–water partition coefficient (Wildman–Crippen LogP) is 1.22. The van der Waals surface area contributed by atoms with Gasteiger partial charge in [0.15, 0.2) is 0 Å². The Morgan fingerprint density at radius 1 is 1.00 bits per heavy atom. The Morgan fingerprint density at radius 3 is 2.30 bits per heavy atom. The second kappa shape index (κ2) is 7.94. The highest BCUT2D eigenvalue weighted by Gasteiger charge is 1.86. The van der Waals surface area contributed by atoms with Crippen LogP contribution in [0, 0.1) is 22.7 Å². The van der Waals surface area contributed by atoms with Crippen molar-refractivity contribution in [2.45, 2.75) is 19.3 Å². The molecule has 0 N–H and O–H groups in total. The number of nitriles is 2. The van der Waals surface area contributed by atoms with E-state index >= 15 is 0 Å². The number of nitrogens with zero attached hydrogens (tertiary/aromatic N) is 2. The van der Waals surface area contributed by atoms with E-state index in [1.807, 2.05) is 12.1 Å². The van der Waals surface area contributed by atoms with Crippen LogP contribution in [0.25, 0.3) is 0 Å². The molecule has 3 nitrogen and oxygen atoms in total. The predicted molar refractivity (Wildman–Crippen MR) is 35.9 cm³/mol. The van der Waals surface area contributed by atoms with Crippen LogP contribution in [0.15, 0.2) is 0 Å². The first-order chi connectivity index (χ1) is 4.91. The molecule has 0 aliphatic rings. The van der Waals surface area contributed by atoms with Crippen molar-refractivity contribution in [1.82, 2.24) is 0 Å². The Balaban J connectivity index is 2.80. The summed E-state index contributed by atoms with van der Waals surface area (Å²) in [6, 6.07) is 3.98. The lowest BCUT2D eigenvalue weighted by molar-refractivity contribution is 0.138. The zero-order valence-electron chi connectivity index (χ0n) is 5.84. The number of hydrogen-bond acceptors (Lipinski definition) is 3. The first-order valence-corrected chi connectivity index (χ1v) is 3.23. The Kier molecular flexibility index (Phi) is 7.10. The van der Waals surface area contributed by atoms with Crippen molar-refractivity contribution in [1.29, 1.82) is 10.5 Å². The topological polar surface area (TPSA) is 56.8 Å². The van der Waals surface area contributed by atoms with Crippen molar-refractivity contribution in [3.63, 3.8) is 0 Å². The van der Waals surface area contributed by atoms with Gasteiger partial charge in [-0.15, -0.1) is 0 Å². The highest BCUT2D eigenvalue weighted by molar-refractivity contribution is 4.69. The molecule has 3 heteroatoms. The normalized spacial score (nSPS) is 8.20. The van der Waals surface area contributed by atoms with Crippen molar-refractivity contribution in [3.8, 4) is 12.1 Å². The Hall–Kier alpha value is -1.06. The van der Waals surface area contributed by atoms with Gasteiger partial charge in [0.2, 0.25) is 0 Å². The fourth-order valence-corrected chi connectivity index (χ4v) is 0.473. The SMILES string of the molecule is N#CCCCOCCC#N. The molecule has 0 amide bonds. The molecular weight excluding hydrogens is 128 g/mol. The van der Waals surface area contributed by atoms with Gasteiger partial charge in [0.1, 0.15) is 0 Å². The molecule has 0 saturated heterocycles. The molecule has 10 heavy (non-hydrogen) atoms. The van der Waals surface area contributed by atoms with E-state index in [2.05, 4.69) is 0 Å². The van der Waals surface area contributed by atoms with Crippen molar-refractivity contribution >= 4 is 0 Å². The molecule has 0 unspecified atom stereocenters. The van der Waals surface area contributed by atoms with Crippen LogP contribution in [0.5, 0.6) is 0 Å². The van der Waals surface area contributed by atoms with Crippen LogP contribution in [0.3, 0.4) is 0 Å². The molecule has 0 saturated carbocycles. The van der Waals surface area contributed by atoms with Gasteiger partial charge in [0.25, 0.3) is 0 Å². The summed E-state index contributed by atoms with van der Waals surface area (Å²) in [5.41, 5.74) is 0. The van der Waals surface area contributed by atoms with Crippen molar-refractivity contribution in [3.05, 3.63) is 0 Å². The zero-order valence-corrected chi connectivity index (χ0v) is 5.84. The second-order valence-corrected chi connectivity index (χ2v) is 1.78. The summed E-state index contributed by atoms with van der Waals surface area (Å²) >= 11 is 0. The van der Waals surface area contributed by atoms with E-state index in [0.717, 1.165) is 6.42 Å². The molecule has 0 aromatic heterocycles. The number of unbranched alkanes of at least 4 members (excludes halogenated alkanes) is 1. The number of hydrogen-bond donors (Lipinski definition) is 0. The molecule has 0 aromatic rings. The summed E-state index contributed by atoms with van der Waals surface area (Å²) in [7, 11) is 0. The minimum Gasteiger partial charge on any atom is -0.380 e. The van der Waals surface area contributed by atoms with Gasteiger partial charge in [0.05, 0.1) is 25.2 Å². The van der Waals surface area contributed by atoms with Gasteiger partial charge < -0.3 is 4.74 Å². The number of rotatable bonds is 5. The fourth-order valence-electron chi connectivity index (χ4n) is 0.473. The van der Waals surface area contributed by atoms with Gasteiger partial charge >= 0.3 is 0 Å². The molecule has 0 spiro atoms. The molecule has 0 heterocycles. The standard InChI is InChI=1S/C7H10N2O/c8-4-1-2-6-10-7-3-5-9/h1-3,6-7H2. The lowest BCUT2D eigenvalue weighted by atomic mass is 10.3. The summed E-state index contributed by atoms with van der Waals surface area (Å²) in [4.78, 5) is 0. The van der Waals surface area contributed by atoms with E-state index in [4.69, 9.17) is 15.3 Å². The summed E-state index contributed by atoms with van der Waals surface area (Å²) in [5.74, 6) is 0. The van der Waals surface area contributed by atoms with Crippen LogP contribution in [0.2, 0.25) is 0 Å². The fraction of sp³-hybridized carbons (Fsp3) is 0.714. The van der Waals surface area contributed by atoms with Crippen LogP contribution in [0.4, 0.5) is 0 Å². The molecular formula is C7H10N2O. The van der Waals surface area contributed by atoms with Crippen molar-refractivity contribution < 1.29 is 4.74 Å². The number of ether oxygens (including phenoxy) is 1. The molecule has 0 bridgehead atoms. The van der Waals surface area contributed by atoms with Crippen LogP contribution in [-0.2, 0) is 4.74 Å². The van der Waals surface area contributed by atoms with Gasteiger partial charge in [-0.3, -0.25) is 0 Å². The van der Waals surface area contributed by atoms with Crippen molar-refractivity contribution in [2.75, 3.05) is 13.2 Å². The van der Waals surface area contributed by atoms with Crippen LogP contribution in [-0.4, -0.2) is 13.2 Å². The van der Waals surface area contributed by atoms with Gasteiger partial charge in [-0.05, 0) is 6.42 Å². The Bertz CT molecular complexity index is 125. The minimum absolute atomic E-state index is 0.437. The Labute approximate surface area is 60.8 Å². The van der Waals surface area contributed by atoms with Crippen molar-refractivity contribution in [2.24, 2.45) is 0 Å². The summed E-state index contributed by atoms with van der Waals surface area (Å²) < 4.78 is 5.00. The van der Waals surface area contributed by atoms with E-state index < -0.39 is 0 Å². The van der Waals surface area contributed by atoms with Gasteiger partial charge in [-0.1, -0.05) is 0 Å². The molecule has 0 radical (unpaired) electrons. The van der Waals surface area contributed by atoms with E-state index in [9.17, 15) is 0 Å². The maximum Gasteiger partial charge on any atom is 0.0645 e. The molecule has 0 rings (SSSR count). The Morgan fingerprint density at radius 2 is 1.70 bits per heavy atom. The maximum absolute atomic E-state index is 8.11. The summed E-state index contributed by atoms with van der Waals surface area (Å²) in [6.07, 6.45) is 1.74. The third-order valence-electron chi connectivity index (χ3n) is 0.935. The van der Waals surface area contributed by atoms with Crippen LogP contribution >= 0.6 is 0 Å². The third kappa shape index (κ3) is 6.94. The molecule has 54 valence electrons. The smallest absolute Gasteiger partial charge is 0.0645 e. The van der Waals surface area contributed by atoms with Gasteiger partial charge in [-0.25, -0.2) is 0 Å². The largest absolute Gasteiger partial charge is 0.380 e. The highest BCUT2D eigenvalue weighted by atomic mass is 16.5. The average Bonchev–Trinajstić information content (AvgIpc) is 1.97. The first kappa shape index (κ1) is 8.94. The zero-order chi connectivity index (χ0) is 7.66. The molecule has 0 aliphatic carbocycles. The summed E-state index contributed by atoms with van der Waals surface area (Å²) in [5, 5.41) is 16.2.